The van der Waals surface area contributed by atoms with Gasteiger partial charge in [-0.1, -0.05) is 84.6 Å². The van der Waals surface area contributed by atoms with Crippen molar-refractivity contribution in [1.29, 1.82) is 0 Å². The number of esters is 1. The first-order valence-corrected chi connectivity index (χ1v) is 14.5. The van der Waals surface area contributed by atoms with Crippen LogP contribution in [0.3, 0.4) is 0 Å². The number of thioether (sulfide) groups is 1. The summed E-state index contributed by atoms with van der Waals surface area (Å²) in [6, 6.07) is 27.0. The van der Waals surface area contributed by atoms with Crippen molar-refractivity contribution in [3.8, 4) is 5.75 Å². The number of benzene rings is 3. The Balaban J connectivity index is 1.42. The third-order valence-corrected chi connectivity index (χ3v) is 7.55. The molecule has 1 amide bonds. The first kappa shape index (κ1) is 28.2. The lowest BCUT2D eigenvalue weighted by Crippen LogP contribution is -2.38. The van der Waals surface area contributed by atoms with Gasteiger partial charge in [0.25, 0.3) is 0 Å². The van der Waals surface area contributed by atoms with Crippen LogP contribution in [0.1, 0.15) is 49.9 Å². The van der Waals surface area contributed by atoms with Crippen molar-refractivity contribution in [2.75, 3.05) is 0 Å². The van der Waals surface area contributed by atoms with Gasteiger partial charge in [-0.15, -0.1) is 0 Å². The SMILES string of the molecule is CC1=C(C(=O)OC(C)C)C(c2cccc(OCc3ccccc3)c2)N2C(CC(=O)NCc3ccccc3)=CSC2=N1. The number of amides is 1. The summed E-state index contributed by atoms with van der Waals surface area (Å²) in [4.78, 5) is 33.2. The van der Waals surface area contributed by atoms with E-state index in [9.17, 15) is 9.59 Å². The van der Waals surface area contributed by atoms with Gasteiger partial charge in [-0.05, 0) is 55.0 Å². The zero-order valence-corrected chi connectivity index (χ0v) is 24.2. The fraction of sp³-hybridized carbons (Fsp3) is 0.242. The summed E-state index contributed by atoms with van der Waals surface area (Å²) in [5, 5.41) is 5.66. The first-order chi connectivity index (χ1) is 19.9. The molecule has 2 heterocycles. The van der Waals surface area contributed by atoms with Gasteiger partial charge in [0.2, 0.25) is 5.91 Å². The molecule has 3 aromatic rings. The second-order valence-electron chi connectivity index (χ2n) is 10.1. The van der Waals surface area contributed by atoms with Crippen LogP contribution in [0.2, 0.25) is 0 Å². The van der Waals surface area contributed by atoms with Crippen molar-refractivity contribution in [3.63, 3.8) is 0 Å². The maximum Gasteiger partial charge on any atom is 0.338 e. The number of amidine groups is 1. The molecule has 5 rings (SSSR count). The Labute approximate surface area is 245 Å². The molecule has 210 valence electrons. The van der Waals surface area contributed by atoms with E-state index >= 15 is 0 Å². The van der Waals surface area contributed by atoms with Gasteiger partial charge in [0.1, 0.15) is 12.4 Å². The Morgan fingerprint density at radius 1 is 0.976 bits per heavy atom. The maximum atomic E-state index is 13.5. The topological polar surface area (TPSA) is 80.2 Å². The van der Waals surface area contributed by atoms with Crippen LogP contribution in [0.4, 0.5) is 0 Å². The van der Waals surface area contributed by atoms with Crippen molar-refractivity contribution in [2.24, 2.45) is 4.99 Å². The number of carbonyl (C=O) groups excluding carboxylic acids is 2. The Morgan fingerprint density at radius 2 is 1.68 bits per heavy atom. The van der Waals surface area contributed by atoms with Gasteiger partial charge < -0.3 is 19.7 Å². The van der Waals surface area contributed by atoms with Crippen LogP contribution >= 0.6 is 11.8 Å². The zero-order valence-electron chi connectivity index (χ0n) is 23.4. The monoisotopic (exact) mass is 567 g/mol. The molecule has 0 spiro atoms. The minimum atomic E-state index is -0.530. The number of fused-ring (bicyclic) bond motifs is 1. The third kappa shape index (κ3) is 6.89. The molecule has 0 aromatic heterocycles. The summed E-state index contributed by atoms with van der Waals surface area (Å²) in [6.45, 7) is 6.34. The zero-order chi connectivity index (χ0) is 28.8. The van der Waals surface area contributed by atoms with Crippen LogP contribution in [-0.4, -0.2) is 28.0 Å². The van der Waals surface area contributed by atoms with Crippen molar-refractivity contribution in [1.82, 2.24) is 10.2 Å². The number of aliphatic imine (C=N–C) groups is 1. The molecule has 1 unspecified atom stereocenters. The van der Waals surface area contributed by atoms with Crippen LogP contribution in [0.15, 0.2) is 112 Å². The molecule has 0 fully saturated rings. The second-order valence-corrected chi connectivity index (χ2v) is 11.0. The Morgan fingerprint density at radius 3 is 2.39 bits per heavy atom. The van der Waals surface area contributed by atoms with Crippen LogP contribution < -0.4 is 10.1 Å². The highest BCUT2D eigenvalue weighted by Gasteiger charge is 2.41. The highest BCUT2D eigenvalue weighted by molar-refractivity contribution is 8.16. The predicted octanol–water partition coefficient (Wildman–Crippen LogP) is 6.50. The van der Waals surface area contributed by atoms with Crippen molar-refractivity contribution >= 4 is 28.8 Å². The van der Waals surface area contributed by atoms with E-state index in [2.05, 4.69) is 5.32 Å². The van der Waals surface area contributed by atoms with Crippen LogP contribution in [-0.2, 0) is 27.5 Å². The lowest BCUT2D eigenvalue weighted by Gasteiger charge is -2.36. The maximum absolute atomic E-state index is 13.5. The van der Waals surface area contributed by atoms with Crippen molar-refractivity contribution in [2.45, 2.75) is 52.5 Å². The molecule has 0 saturated carbocycles. The molecule has 3 aromatic carbocycles. The smallest absolute Gasteiger partial charge is 0.338 e. The van der Waals surface area contributed by atoms with Gasteiger partial charge in [0.05, 0.1) is 29.8 Å². The largest absolute Gasteiger partial charge is 0.489 e. The van der Waals surface area contributed by atoms with E-state index in [1.54, 1.807) is 0 Å². The summed E-state index contributed by atoms with van der Waals surface area (Å²) in [6.07, 6.45) is -0.147. The summed E-state index contributed by atoms with van der Waals surface area (Å²) >= 11 is 1.45. The summed E-state index contributed by atoms with van der Waals surface area (Å²) < 4.78 is 11.8. The van der Waals surface area contributed by atoms with Crippen molar-refractivity contribution in [3.05, 3.63) is 124 Å². The molecule has 2 aliphatic rings. The fourth-order valence-corrected chi connectivity index (χ4v) is 5.73. The molecule has 7 nitrogen and oxygen atoms in total. The first-order valence-electron chi connectivity index (χ1n) is 13.6. The van der Waals surface area contributed by atoms with E-state index in [1.165, 1.54) is 11.8 Å². The lowest BCUT2D eigenvalue weighted by atomic mass is 9.93. The lowest BCUT2D eigenvalue weighted by molar-refractivity contribution is -0.143. The molecule has 0 radical (unpaired) electrons. The number of rotatable bonds is 10. The standard InChI is InChI=1S/C33H33N3O4S/c1-22(2)40-32(38)30-23(3)35-33-36(27(21-41-33)18-29(37)34-19-24-11-6-4-7-12-24)31(30)26-15-10-16-28(17-26)39-20-25-13-8-5-9-14-25/h4-17,21-22,31H,18-20H2,1-3H3,(H,34,37). The quantitative estimate of drug-likeness (QED) is 0.282. The average molecular weight is 568 g/mol. The molecule has 1 atom stereocenters. The number of allylic oxidation sites excluding steroid dienone is 1. The van der Waals surface area contributed by atoms with Crippen LogP contribution in [0.5, 0.6) is 5.75 Å². The van der Waals surface area contributed by atoms with E-state index in [4.69, 9.17) is 14.5 Å². The van der Waals surface area contributed by atoms with E-state index in [-0.39, 0.29) is 18.4 Å². The second kappa shape index (κ2) is 12.9. The molecule has 0 aliphatic carbocycles. The van der Waals surface area contributed by atoms with E-state index in [0.29, 0.717) is 30.2 Å². The minimum Gasteiger partial charge on any atom is -0.489 e. The average Bonchev–Trinajstić information content (AvgIpc) is 3.36. The molecule has 1 N–H and O–H groups in total. The van der Waals surface area contributed by atoms with Crippen molar-refractivity contribution < 1.29 is 19.1 Å². The number of nitrogens with zero attached hydrogens (tertiary/aromatic N) is 2. The number of ether oxygens (including phenoxy) is 2. The Hall–Kier alpha value is -4.30. The molecule has 41 heavy (non-hydrogen) atoms. The number of hydrogen-bond donors (Lipinski definition) is 1. The molecular formula is C33H33N3O4S. The fourth-order valence-electron chi connectivity index (χ4n) is 4.76. The molecule has 0 saturated heterocycles. The van der Waals surface area contributed by atoms with E-state index < -0.39 is 12.0 Å². The molecular weight excluding hydrogens is 534 g/mol. The molecule has 8 heteroatoms. The highest BCUT2D eigenvalue weighted by Crippen LogP contribution is 2.45. The van der Waals surface area contributed by atoms with Gasteiger partial charge in [-0.3, -0.25) is 4.79 Å². The minimum absolute atomic E-state index is 0.113. The summed E-state index contributed by atoms with van der Waals surface area (Å²) in [7, 11) is 0. The van der Waals surface area contributed by atoms with Gasteiger partial charge >= 0.3 is 5.97 Å². The predicted molar refractivity (Wildman–Crippen MR) is 162 cm³/mol. The van der Waals surface area contributed by atoms with E-state index in [1.807, 2.05) is 116 Å². The van der Waals surface area contributed by atoms with Crippen LogP contribution in [0, 0.1) is 0 Å². The van der Waals surface area contributed by atoms with Gasteiger partial charge in [0.15, 0.2) is 5.17 Å². The van der Waals surface area contributed by atoms with Crippen LogP contribution in [0.25, 0.3) is 0 Å². The summed E-state index contributed by atoms with van der Waals surface area (Å²) in [5.74, 6) is 0.145. The van der Waals surface area contributed by atoms with Gasteiger partial charge in [-0.25, -0.2) is 9.79 Å². The third-order valence-electron chi connectivity index (χ3n) is 6.66. The normalized spacial score (nSPS) is 16.2. The number of nitrogens with one attached hydrogen (secondary N) is 1. The number of hydrogen-bond acceptors (Lipinski definition) is 7. The van der Waals surface area contributed by atoms with E-state index in [0.717, 1.165) is 27.6 Å². The molecule has 0 bridgehead atoms. The summed E-state index contributed by atoms with van der Waals surface area (Å²) in [5.41, 5.74) is 4.74. The Bertz CT molecular complexity index is 1500. The van der Waals surface area contributed by atoms with Gasteiger partial charge in [-0.2, -0.15) is 0 Å². The molecule has 2 aliphatic heterocycles. The van der Waals surface area contributed by atoms with Gasteiger partial charge in [0, 0.05) is 12.2 Å². The Kier molecular flexibility index (Phi) is 8.89. The number of carbonyl (C=O) groups is 2. The highest BCUT2D eigenvalue weighted by atomic mass is 32.2.